The molecule has 0 saturated heterocycles. The predicted molar refractivity (Wildman–Crippen MR) is 141 cm³/mol. The molecule has 2 aromatic carbocycles. The van der Waals surface area contributed by atoms with Gasteiger partial charge in [0.15, 0.2) is 5.69 Å². The van der Waals surface area contributed by atoms with E-state index >= 15 is 0 Å². The Morgan fingerprint density at radius 2 is 1.74 bits per heavy atom. The smallest absolute Gasteiger partial charge is 0.550 e. The molecule has 1 heterocycles. The van der Waals surface area contributed by atoms with E-state index in [9.17, 15) is 42.5 Å². The Morgan fingerprint density at radius 3 is 2.33 bits per heavy atom. The number of hydrogen-bond acceptors (Lipinski definition) is 7. The molecule has 1 amide bonds. The van der Waals surface area contributed by atoms with Crippen molar-refractivity contribution in [1.29, 1.82) is 0 Å². The molecule has 0 radical (unpaired) electrons. The molecule has 0 aliphatic carbocycles. The Labute approximate surface area is 268 Å². The Morgan fingerprint density at radius 1 is 1.09 bits per heavy atom. The molecule has 1 aromatic heterocycles. The molecule has 2 atom stereocenters. The fourth-order valence-corrected chi connectivity index (χ4v) is 4.64. The third-order valence-corrected chi connectivity index (χ3v) is 6.43. The van der Waals surface area contributed by atoms with Crippen molar-refractivity contribution in [2.24, 2.45) is 0 Å². The molecule has 3 rings (SSSR count). The van der Waals surface area contributed by atoms with E-state index in [1.165, 1.54) is 53.0 Å². The van der Waals surface area contributed by atoms with Crippen molar-refractivity contribution in [3.8, 4) is 11.4 Å². The van der Waals surface area contributed by atoms with Gasteiger partial charge in [0.05, 0.1) is 17.9 Å². The second-order valence-corrected chi connectivity index (χ2v) is 10.3. The van der Waals surface area contributed by atoms with Crippen LogP contribution in [-0.4, -0.2) is 62.4 Å². The number of aliphatic hydroxyl groups excluding tert-OH is 2. The predicted octanol–water partition coefficient (Wildman–Crippen LogP) is 0.494. The molecule has 2 N–H and O–H groups in total. The van der Waals surface area contributed by atoms with Crippen LogP contribution in [0.5, 0.6) is 5.75 Å². The first-order valence-corrected chi connectivity index (χ1v) is 13.2. The number of carboxylic acids is 1. The van der Waals surface area contributed by atoms with E-state index in [0.29, 0.717) is 22.5 Å². The third-order valence-electron chi connectivity index (χ3n) is 6.43. The minimum Gasteiger partial charge on any atom is -0.550 e. The van der Waals surface area contributed by atoms with Gasteiger partial charge in [-0.3, -0.25) is 4.79 Å². The van der Waals surface area contributed by atoms with Gasteiger partial charge >= 0.3 is 35.9 Å². The number of aliphatic hydroxyl groups is 2. The summed E-state index contributed by atoms with van der Waals surface area (Å²) >= 11 is 0. The molecular formula is C29H32F4N3NaO6. The van der Waals surface area contributed by atoms with E-state index < -0.39 is 48.4 Å². The Balaban J connectivity index is 0.00000645. The third kappa shape index (κ3) is 10.6. The molecule has 228 valence electrons. The van der Waals surface area contributed by atoms with Crippen LogP contribution >= 0.6 is 0 Å². The van der Waals surface area contributed by atoms with Crippen molar-refractivity contribution < 1.29 is 76.8 Å². The molecule has 0 spiro atoms. The summed E-state index contributed by atoms with van der Waals surface area (Å²) in [6.07, 6.45) is -7.82. The number of halogens is 4. The van der Waals surface area contributed by atoms with Gasteiger partial charge < -0.3 is 29.8 Å². The van der Waals surface area contributed by atoms with Gasteiger partial charge in [0.1, 0.15) is 11.6 Å². The van der Waals surface area contributed by atoms with Crippen LogP contribution in [0.2, 0.25) is 0 Å². The number of aliphatic carboxylic acids is 1. The fourth-order valence-electron chi connectivity index (χ4n) is 4.64. The molecule has 14 heteroatoms. The standard InChI is InChI=1S/C29H33F4N3O6.Na/c1-17(2)26-24(12-11-21(37)14-22(38)15-25(39)40)36(20-9-7-19(30)8-10-20)34-27(26)28(41)35(3)16-18-5-4-6-23(13-18)42-29(31,32)33;/h4-10,13,17,21-22,37-38H,11-12,14-16H2,1-3H3,(H,39,40);/q;+1/p-1/t21-,22-;/m1./s1. The summed E-state index contributed by atoms with van der Waals surface area (Å²) in [6, 6.07) is 10.7. The van der Waals surface area contributed by atoms with Gasteiger partial charge in [-0.25, -0.2) is 9.07 Å². The maximum atomic E-state index is 13.7. The SMILES string of the molecule is CC(C)c1c(C(=O)N(C)Cc2cccc(OC(F)(F)F)c2)nn(-c2ccc(F)cc2)c1CC[C@@H](O)C[C@@H](O)CC(=O)[O-].[Na+]. The van der Waals surface area contributed by atoms with Gasteiger partial charge in [-0.15, -0.1) is 13.2 Å². The maximum Gasteiger partial charge on any atom is 1.00 e. The van der Waals surface area contributed by atoms with Crippen LogP contribution in [0.4, 0.5) is 17.6 Å². The summed E-state index contributed by atoms with van der Waals surface area (Å²) in [5.41, 5.74) is 1.99. The maximum absolute atomic E-state index is 13.7. The zero-order valence-corrected chi connectivity index (χ0v) is 26.3. The summed E-state index contributed by atoms with van der Waals surface area (Å²) in [5, 5.41) is 35.6. The molecule has 0 bridgehead atoms. The molecular weight excluding hydrogens is 585 g/mol. The Kier molecular flexibility index (Phi) is 13.2. The summed E-state index contributed by atoms with van der Waals surface area (Å²) in [4.78, 5) is 25.7. The van der Waals surface area contributed by atoms with Crippen molar-refractivity contribution in [3.63, 3.8) is 0 Å². The number of carbonyl (C=O) groups is 2. The average molecular weight is 618 g/mol. The Hall–Kier alpha value is -2.97. The molecule has 0 unspecified atom stereocenters. The first-order chi connectivity index (χ1) is 19.6. The zero-order valence-electron chi connectivity index (χ0n) is 24.3. The Bertz CT molecular complexity index is 1380. The van der Waals surface area contributed by atoms with Crippen LogP contribution < -0.4 is 39.4 Å². The number of aromatic nitrogens is 2. The van der Waals surface area contributed by atoms with E-state index in [0.717, 1.165) is 6.07 Å². The number of rotatable bonds is 13. The average Bonchev–Trinajstić information content (AvgIpc) is 3.25. The minimum absolute atomic E-state index is 0. The van der Waals surface area contributed by atoms with E-state index in [1.54, 1.807) is 6.07 Å². The number of carbonyl (C=O) groups excluding carboxylic acids is 2. The fraction of sp³-hybridized carbons (Fsp3) is 0.414. The largest absolute Gasteiger partial charge is 1.00 e. The van der Waals surface area contributed by atoms with Gasteiger partial charge in [-0.1, -0.05) is 26.0 Å². The second kappa shape index (κ2) is 15.7. The number of amides is 1. The van der Waals surface area contributed by atoms with Gasteiger partial charge in [0, 0.05) is 37.2 Å². The van der Waals surface area contributed by atoms with Crippen LogP contribution in [0.25, 0.3) is 5.69 Å². The van der Waals surface area contributed by atoms with E-state index in [2.05, 4.69) is 9.84 Å². The van der Waals surface area contributed by atoms with Crippen LogP contribution in [-0.2, 0) is 17.8 Å². The minimum atomic E-state index is -4.87. The number of carboxylic acid groups (broad SMARTS) is 1. The molecule has 0 aliphatic heterocycles. The topological polar surface area (TPSA) is 128 Å². The molecule has 3 aromatic rings. The van der Waals surface area contributed by atoms with E-state index in [4.69, 9.17) is 0 Å². The second-order valence-electron chi connectivity index (χ2n) is 10.3. The van der Waals surface area contributed by atoms with Crippen LogP contribution in [0.3, 0.4) is 0 Å². The van der Waals surface area contributed by atoms with Crippen LogP contribution in [0.15, 0.2) is 48.5 Å². The molecule has 0 aliphatic rings. The van der Waals surface area contributed by atoms with E-state index in [-0.39, 0.29) is 67.0 Å². The molecule has 43 heavy (non-hydrogen) atoms. The van der Waals surface area contributed by atoms with Gasteiger partial charge in [-0.2, -0.15) is 5.10 Å². The number of benzene rings is 2. The van der Waals surface area contributed by atoms with Gasteiger partial charge in [0.25, 0.3) is 5.91 Å². The molecule has 9 nitrogen and oxygen atoms in total. The first kappa shape index (κ1) is 36.2. The molecule has 0 fully saturated rings. The van der Waals surface area contributed by atoms with Crippen molar-refractivity contribution >= 4 is 11.9 Å². The number of nitrogens with zero attached hydrogens (tertiary/aromatic N) is 3. The first-order valence-electron chi connectivity index (χ1n) is 13.2. The number of alkyl halides is 3. The zero-order chi connectivity index (χ0) is 31.2. The quantitative estimate of drug-likeness (QED) is 0.211. The van der Waals surface area contributed by atoms with E-state index in [1.807, 2.05) is 13.8 Å². The number of hydrogen-bond donors (Lipinski definition) is 2. The van der Waals surface area contributed by atoms with Gasteiger partial charge in [-0.05, 0) is 67.1 Å². The number of ether oxygens (including phenoxy) is 1. The van der Waals surface area contributed by atoms with Crippen molar-refractivity contribution in [2.45, 2.75) is 70.6 Å². The normalized spacial score (nSPS) is 12.9. The monoisotopic (exact) mass is 617 g/mol. The molecule has 0 saturated carbocycles. The van der Waals surface area contributed by atoms with Crippen molar-refractivity contribution in [1.82, 2.24) is 14.7 Å². The summed E-state index contributed by atoms with van der Waals surface area (Å²) in [7, 11) is 1.47. The van der Waals surface area contributed by atoms with Crippen LogP contribution in [0, 0.1) is 5.82 Å². The van der Waals surface area contributed by atoms with Crippen molar-refractivity contribution in [2.75, 3.05) is 7.05 Å². The van der Waals surface area contributed by atoms with Gasteiger partial charge in [0.2, 0.25) is 0 Å². The summed E-state index contributed by atoms with van der Waals surface area (Å²) < 4.78 is 57.1. The summed E-state index contributed by atoms with van der Waals surface area (Å²) in [5.74, 6) is -3.12. The van der Waals surface area contributed by atoms with Crippen molar-refractivity contribution in [3.05, 3.63) is 76.9 Å². The van der Waals surface area contributed by atoms with Crippen LogP contribution in [0.1, 0.15) is 66.3 Å². The summed E-state index contributed by atoms with van der Waals surface area (Å²) in [6.45, 7) is 3.62.